The third-order valence-electron chi connectivity index (χ3n) is 5.60. The molecule has 4 atom stereocenters. The van der Waals surface area contributed by atoms with Gasteiger partial charge < -0.3 is 24.8 Å². The summed E-state index contributed by atoms with van der Waals surface area (Å²) in [7, 11) is 0. The van der Waals surface area contributed by atoms with Crippen molar-refractivity contribution < 1.29 is 28.2 Å². The number of aliphatic imine (C=N–C) groups is 1. The highest BCUT2D eigenvalue weighted by Gasteiger charge is 2.60. The topological polar surface area (TPSA) is 103 Å². The summed E-state index contributed by atoms with van der Waals surface area (Å²) in [4.78, 5) is 30.0. The Balaban J connectivity index is 2.20. The Morgan fingerprint density at radius 1 is 1.24 bits per heavy atom. The average molecular weight is 488 g/mol. The molecule has 0 aromatic carbocycles. The Bertz CT molecular complexity index is 762. The van der Waals surface area contributed by atoms with Crippen molar-refractivity contribution in [1.82, 2.24) is 4.90 Å². The van der Waals surface area contributed by atoms with E-state index in [2.05, 4.69) is 11.6 Å². The van der Waals surface area contributed by atoms with Crippen molar-refractivity contribution in [2.24, 2.45) is 10.7 Å². The first-order valence-electron chi connectivity index (χ1n) is 11.5. The number of amidine groups is 1. The maximum absolute atomic E-state index is 15.7. The molecule has 0 amide bonds. The number of alkyl halides is 2. The molecule has 8 nitrogen and oxygen atoms in total. The maximum atomic E-state index is 15.7. The monoisotopic (exact) mass is 487 g/mol. The molecule has 0 bridgehead atoms. The number of rotatable bonds is 13. The second-order valence-corrected chi connectivity index (χ2v) is 8.58. The Hall–Kier alpha value is -2.13. The van der Waals surface area contributed by atoms with Crippen molar-refractivity contribution in [2.45, 2.75) is 89.3 Å². The first kappa shape index (κ1) is 27.1. The number of carbonyl (C=O) groups is 2. The van der Waals surface area contributed by atoms with Crippen LogP contribution in [-0.2, 0) is 23.8 Å². The first-order valence-corrected chi connectivity index (χ1v) is 12.0. The van der Waals surface area contributed by atoms with Gasteiger partial charge in [-0.05, 0) is 18.9 Å². The van der Waals surface area contributed by atoms with E-state index in [1.807, 2.05) is 13.8 Å². The van der Waals surface area contributed by atoms with E-state index >= 15 is 4.39 Å². The number of esters is 2. The van der Waals surface area contributed by atoms with Gasteiger partial charge in [0.2, 0.25) is 0 Å². The molecule has 0 aromatic heterocycles. The molecule has 0 saturated carbocycles. The minimum atomic E-state index is -1.80. The van der Waals surface area contributed by atoms with Crippen LogP contribution in [0.5, 0.6) is 0 Å². The summed E-state index contributed by atoms with van der Waals surface area (Å²) in [5.74, 6) is -0.873. The molecular formula is C23H35ClFN3O5. The van der Waals surface area contributed by atoms with Gasteiger partial charge in [0, 0.05) is 19.0 Å². The highest BCUT2D eigenvalue weighted by Crippen LogP contribution is 2.40. The highest BCUT2D eigenvalue weighted by atomic mass is 35.5. The summed E-state index contributed by atoms with van der Waals surface area (Å²) in [5, 5.41) is 0. The number of hydrogen-bond acceptors (Lipinski definition) is 8. The van der Waals surface area contributed by atoms with Crippen LogP contribution in [0.15, 0.2) is 29.7 Å². The van der Waals surface area contributed by atoms with Gasteiger partial charge in [-0.3, -0.25) is 9.59 Å². The Morgan fingerprint density at radius 3 is 2.45 bits per heavy atom. The molecule has 33 heavy (non-hydrogen) atoms. The van der Waals surface area contributed by atoms with Crippen LogP contribution >= 0.6 is 11.6 Å². The van der Waals surface area contributed by atoms with Crippen molar-refractivity contribution in [3.8, 4) is 0 Å². The second kappa shape index (κ2) is 12.9. The third kappa shape index (κ3) is 7.17. The molecule has 0 spiro atoms. The van der Waals surface area contributed by atoms with Crippen molar-refractivity contribution >= 4 is 29.4 Å². The molecule has 2 rings (SSSR count). The quantitative estimate of drug-likeness (QED) is 0.238. The molecule has 2 heterocycles. The Morgan fingerprint density at radius 2 is 1.88 bits per heavy atom. The van der Waals surface area contributed by atoms with Gasteiger partial charge >= 0.3 is 11.9 Å². The molecule has 2 N–H and O–H groups in total. The number of nitrogens with zero attached hydrogens (tertiary/aromatic N) is 2. The van der Waals surface area contributed by atoms with Gasteiger partial charge in [-0.1, -0.05) is 46.1 Å². The Labute approximate surface area is 200 Å². The molecule has 1 saturated heterocycles. The lowest BCUT2D eigenvalue weighted by Crippen LogP contribution is -2.50. The van der Waals surface area contributed by atoms with E-state index in [0.717, 1.165) is 25.7 Å². The van der Waals surface area contributed by atoms with E-state index in [4.69, 9.17) is 31.5 Å². The van der Waals surface area contributed by atoms with Crippen LogP contribution in [-0.4, -0.2) is 59.3 Å². The van der Waals surface area contributed by atoms with E-state index in [-0.39, 0.29) is 37.0 Å². The molecule has 10 heteroatoms. The molecule has 0 unspecified atom stereocenters. The summed E-state index contributed by atoms with van der Waals surface area (Å²) in [6.45, 7) is 7.48. The molecule has 0 radical (unpaired) electrons. The first-order chi connectivity index (χ1) is 15.8. The van der Waals surface area contributed by atoms with Crippen molar-refractivity contribution in [3.05, 3.63) is 24.7 Å². The normalized spacial score (nSPS) is 26.9. The van der Waals surface area contributed by atoms with Crippen LogP contribution in [0.2, 0.25) is 0 Å². The number of carbonyl (C=O) groups excluding carboxylic acids is 2. The summed E-state index contributed by atoms with van der Waals surface area (Å²) >= 11 is 6.23. The summed E-state index contributed by atoms with van der Waals surface area (Å²) in [6.07, 6.45) is 3.89. The highest BCUT2D eigenvalue weighted by molar-refractivity contribution is 6.18. The van der Waals surface area contributed by atoms with E-state index in [1.165, 1.54) is 17.2 Å². The minimum absolute atomic E-state index is 0.147. The smallest absolute Gasteiger partial charge is 0.306 e. The molecule has 0 aliphatic carbocycles. The zero-order valence-corrected chi connectivity index (χ0v) is 20.2. The molecule has 0 aromatic rings. The summed E-state index contributed by atoms with van der Waals surface area (Å²) < 4.78 is 32.6. The number of ether oxygens (including phenoxy) is 3. The lowest BCUT2D eigenvalue weighted by molar-refractivity contribution is -0.174. The second-order valence-electron chi connectivity index (χ2n) is 8.31. The minimum Gasteiger partial charge on any atom is -0.462 e. The fourth-order valence-electron chi connectivity index (χ4n) is 3.69. The van der Waals surface area contributed by atoms with Gasteiger partial charge in [-0.2, -0.15) is 0 Å². The lowest BCUT2D eigenvalue weighted by Gasteiger charge is -2.32. The number of halogens is 2. The molecule has 186 valence electrons. The third-order valence-corrected chi connectivity index (χ3v) is 6.06. The van der Waals surface area contributed by atoms with E-state index in [9.17, 15) is 9.59 Å². The van der Waals surface area contributed by atoms with Crippen LogP contribution in [0.4, 0.5) is 4.39 Å². The predicted molar refractivity (Wildman–Crippen MR) is 124 cm³/mol. The summed E-state index contributed by atoms with van der Waals surface area (Å²) in [6, 6.07) is 0. The van der Waals surface area contributed by atoms with E-state index in [1.54, 1.807) is 0 Å². The van der Waals surface area contributed by atoms with Gasteiger partial charge in [0.05, 0.1) is 5.88 Å². The van der Waals surface area contributed by atoms with Crippen LogP contribution < -0.4 is 5.73 Å². The predicted octanol–water partition coefficient (Wildman–Crippen LogP) is 3.93. The molecular weight excluding hydrogens is 453 g/mol. The molecule has 2 aliphatic heterocycles. The van der Waals surface area contributed by atoms with Crippen LogP contribution in [0.3, 0.4) is 0 Å². The van der Waals surface area contributed by atoms with Crippen LogP contribution in [0.1, 0.15) is 65.2 Å². The van der Waals surface area contributed by atoms with E-state index < -0.39 is 36.0 Å². The maximum Gasteiger partial charge on any atom is 0.306 e. The zero-order chi connectivity index (χ0) is 24.4. The fourth-order valence-corrected chi connectivity index (χ4v) is 3.98. The van der Waals surface area contributed by atoms with Crippen LogP contribution in [0.25, 0.3) is 0 Å². The van der Waals surface area contributed by atoms with Gasteiger partial charge in [-0.15, -0.1) is 11.6 Å². The lowest BCUT2D eigenvalue weighted by atomic mass is 9.98. The standard InChI is InChI=1S/C23H35ClFN3O5/c1-4-6-8-10-18(29)31-15-23(14-24)21(32-19(30)11-9-7-5-2)20(25)22(33-23)28-13-12-17(26)27-16(28)3/h12-13,20-22H,3-11,14-15H2,1-2H3,(H2,26,27)/t20-,21+,22-,23-/m1/s1. The molecule has 2 aliphatic rings. The average Bonchev–Trinajstić information content (AvgIpc) is 3.05. The van der Waals surface area contributed by atoms with Gasteiger partial charge in [0.1, 0.15) is 18.3 Å². The van der Waals surface area contributed by atoms with Crippen molar-refractivity contribution in [3.63, 3.8) is 0 Å². The number of unbranched alkanes of at least 4 members (excludes halogenated alkanes) is 4. The van der Waals surface area contributed by atoms with Crippen LogP contribution in [0, 0.1) is 0 Å². The largest absolute Gasteiger partial charge is 0.462 e. The fraction of sp³-hybridized carbons (Fsp3) is 0.696. The number of nitrogens with two attached hydrogens (primary N) is 1. The summed E-state index contributed by atoms with van der Waals surface area (Å²) in [5.41, 5.74) is 4.11. The number of hydrogen-bond donors (Lipinski definition) is 1. The Kier molecular flexibility index (Phi) is 10.6. The SMILES string of the molecule is C=C1N=C(N)C=CN1[C@@H]1O[C@](CCl)(COC(=O)CCCCC)[C@@H](OC(=O)CCCCC)[C@H]1F. The van der Waals surface area contributed by atoms with Crippen molar-refractivity contribution in [2.75, 3.05) is 12.5 Å². The van der Waals surface area contributed by atoms with E-state index in [0.29, 0.717) is 12.8 Å². The van der Waals surface area contributed by atoms with Gasteiger partial charge in [0.15, 0.2) is 24.1 Å². The van der Waals surface area contributed by atoms with Crippen molar-refractivity contribution in [1.29, 1.82) is 0 Å². The molecule has 1 fully saturated rings. The zero-order valence-electron chi connectivity index (χ0n) is 19.4. The van der Waals surface area contributed by atoms with Gasteiger partial charge in [-0.25, -0.2) is 9.38 Å². The van der Waals surface area contributed by atoms with Gasteiger partial charge in [0.25, 0.3) is 0 Å².